The first-order chi connectivity index (χ1) is 12.6. The molecule has 1 fully saturated rings. The molecule has 2 aromatic carbocycles. The van der Waals surface area contributed by atoms with E-state index in [4.69, 9.17) is 14.2 Å². The maximum Gasteiger partial charge on any atom is 0.338 e. The Bertz CT molecular complexity index is 667. The number of ether oxygens (including phenoxy) is 3. The molecule has 3 atom stereocenters. The highest BCUT2D eigenvalue weighted by atomic mass is 16.6. The lowest BCUT2D eigenvalue weighted by Gasteiger charge is -2.18. The van der Waals surface area contributed by atoms with Gasteiger partial charge in [-0.3, -0.25) is 0 Å². The van der Waals surface area contributed by atoms with Gasteiger partial charge in [0.25, 0.3) is 0 Å². The van der Waals surface area contributed by atoms with Gasteiger partial charge in [-0.05, 0) is 24.3 Å². The summed E-state index contributed by atoms with van der Waals surface area (Å²) in [6, 6.07) is 17.3. The van der Waals surface area contributed by atoms with Crippen LogP contribution in [0.1, 0.15) is 27.1 Å². The second-order valence-corrected chi connectivity index (χ2v) is 6.05. The predicted octanol–water partition coefficient (Wildman–Crippen LogP) is 2.42. The van der Waals surface area contributed by atoms with E-state index in [0.29, 0.717) is 17.5 Å². The summed E-state index contributed by atoms with van der Waals surface area (Å²) in [5.74, 6) is -1.15. The Morgan fingerprint density at radius 1 is 0.885 bits per heavy atom. The van der Waals surface area contributed by atoms with Crippen LogP contribution in [-0.2, 0) is 14.2 Å². The maximum atomic E-state index is 12.0. The van der Waals surface area contributed by atoms with E-state index in [0.717, 1.165) is 0 Å². The van der Waals surface area contributed by atoms with Crippen LogP contribution in [0.3, 0.4) is 0 Å². The normalized spacial score (nSPS) is 22.0. The van der Waals surface area contributed by atoms with Crippen LogP contribution in [-0.4, -0.2) is 42.7 Å². The summed E-state index contributed by atoms with van der Waals surface area (Å²) in [7, 11) is 0. The third kappa shape index (κ3) is 4.68. The third-order valence-corrected chi connectivity index (χ3v) is 4.19. The lowest BCUT2D eigenvalue weighted by molar-refractivity contribution is -0.106. The zero-order valence-corrected chi connectivity index (χ0v) is 14.1. The molecule has 0 aliphatic carbocycles. The fourth-order valence-electron chi connectivity index (χ4n) is 2.79. The molecular formula is C20H20O6. The molecule has 1 aliphatic rings. The fourth-order valence-corrected chi connectivity index (χ4v) is 2.79. The molecular weight excluding hydrogens is 336 g/mol. The van der Waals surface area contributed by atoms with Gasteiger partial charge in [-0.2, -0.15) is 0 Å². The molecule has 0 bridgehead atoms. The third-order valence-electron chi connectivity index (χ3n) is 4.19. The molecule has 2 aromatic rings. The van der Waals surface area contributed by atoms with Crippen molar-refractivity contribution in [3.8, 4) is 0 Å². The van der Waals surface area contributed by atoms with Crippen molar-refractivity contribution in [1.29, 1.82) is 0 Å². The molecule has 136 valence electrons. The Labute approximate surface area is 151 Å². The van der Waals surface area contributed by atoms with Crippen LogP contribution in [0, 0.1) is 5.92 Å². The summed E-state index contributed by atoms with van der Waals surface area (Å²) in [6.45, 7) is 0.0662. The van der Waals surface area contributed by atoms with Crippen molar-refractivity contribution in [2.24, 2.45) is 5.92 Å². The maximum absolute atomic E-state index is 12.0. The zero-order valence-electron chi connectivity index (χ0n) is 14.1. The van der Waals surface area contributed by atoms with Gasteiger partial charge in [0.2, 0.25) is 0 Å². The van der Waals surface area contributed by atoms with Gasteiger partial charge in [0, 0.05) is 12.3 Å². The summed E-state index contributed by atoms with van der Waals surface area (Å²) in [5, 5.41) is 9.73. The first-order valence-electron chi connectivity index (χ1n) is 8.41. The number of aliphatic hydroxyl groups excluding tert-OH is 1. The monoisotopic (exact) mass is 356 g/mol. The average Bonchev–Trinajstić information content (AvgIpc) is 3.05. The highest BCUT2D eigenvalue weighted by Gasteiger charge is 2.36. The largest absolute Gasteiger partial charge is 0.462 e. The summed E-state index contributed by atoms with van der Waals surface area (Å²) in [4.78, 5) is 24.0. The Kier molecular flexibility index (Phi) is 5.99. The minimum absolute atomic E-state index is 0.0155. The first kappa shape index (κ1) is 18.1. The van der Waals surface area contributed by atoms with Crippen LogP contribution in [0.25, 0.3) is 0 Å². The second kappa shape index (κ2) is 8.60. The number of rotatable bonds is 6. The molecule has 1 unspecified atom stereocenters. The predicted molar refractivity (Wildman–Crippen MR) is 92.4 cm³/mol. The number of esters is 2. The molecule has 6 nitrogen and oxygen atoms in total. The minimum atomic E-state index is -0.962. The van der Waals surface area contributed by atoms with Crippen LogP contribution < -0.4 is 0 Å². The smallest absolute Gasteiger partial charge is 0.338 e. The van der Waals surface area contributed by atoms with Crippen LogP contribution in [0.2, 0.25) is 0 Å². The minimum Gasteiger partial charge on any atom is -0.462 e. The van der Waals surface area contributed by atoms with Gasteiger partial charge < -0.3 is 19.3 Å². The highest BCUT2D eigenvalue weighted by Crippen LogP contribution is 2.26. The van der Waals surface area contributed by atoms with E-state index in [1.54, 1.807) is 48.5 Å². The number of hydrogen-bond acceptors (Lipinski definition) is 6. The zero-order chi connectivity index (χ0) is 18.4. The van der Waals surface area contributed by atoms with Crippen molar-refractivity contribution in [2.75, 3.05) is 13.2 Å². The molecule has 0 radical (unpaired) electrons. The van der Waals surface area contributed by atoms with E-state index in [9.17, 15) is 14.7 Å². The average molecular weight is 356 g/mol. The Morgan fingerprint density at radius 3 is 1.92 bits per heavy atom. The van der Waals surface area contributed by atoms with Crippen LogP contribution >= 0.6 is 0 Å². The summed E-state index contributed by atoms with van der Waals surface area (Å²) in [5.41, 5.74) is 0.900. The molecule has 1 saturated heterocycles. The molecule has 3 rings (SSSR count). The van der Waals surface area contributed by atoms with Crippen molar-refractivity contribution in [1.82, 2.24) is 0 Å². The number of aliphatic hydroxyl groups is 1. The summed E-state index contributed by atoms with van der Waals surface area (Å²) in [6.07, 6.45) is -1.17. The van der Waals surface area contributed by atoms with E-state index in [-0.39, 0.29) is 19.1 Å². The van der Waals surface area contributed by atoms with Crippen molar-refractivity contribution in [2.45, 2.75) is 18.8 Å². The second-order valence-electron chi connectivity index (χ2n) is 6.05. The molecule has 26 heavy (non-hydrogen) atoms. The van der Waals surface area contributed by atoms with Crippen molar-refractivity contribution in [3.05, 3.63) is 71.8 Å². The molecule has 1 N–H and O–H groups in total. The number of benzene rings is 2. The molecule has 0 saturated carbocycles. The van der Waals surface area contributed by atoms with E-state index in [1.807, 2.05) is 12.1 Å². The highest BCUT2D eigenvalue weighted by molar-refractivity contribution is 5.89. The lowest BCUT2D eigenvalue weighted by atomic mass is 10.0. The Morgan fingerprint density at radius 2 is 1.38 bits per heavy atom. The standard InChI is InChI=1S/C20H20O6/c21-18-11-16(12-24-19(22)14-7-3-1-4-8-14)17(26-18)13-25-20(23)15-9-5-2-6-10-15/h1-10,16-18,21H,11-13H2/t16-,17-,18?/m1/s1. The quantitative estimate of drug-likeness (QED) is 0.801. The number of carbonyl (C=O) groups is 2. The van der Waals surface area contributed by atoms with E-state index < -0.39 is 24.3 Å². The lowest BCUT2D eigenvalue weighted by Crippen LogP contribution is -2.28. The summed E-state index contributed by atoms with van der Waals surface area (Å²) >= 11 is 0. The van der Waals surface area contributed by atoms with E-state index in [1.165, 1.54) is 0 Å². The molecule has 6 heteroatoms. The van der Waals surface area contributed by atoms with Crippen LogP contribution in [0.4, 0.5) is 0 Å². The van der Waals surface area contributed by atoms with Crippen LogP contribution in [0.5, 0.6) is 0 Å². The topological polar surface area (TPSA) is 82.1 Å². The van der Waals surface area contributed by atoms with Crippen molar-refractivity contribution >= 4 is 11.9 Å². The SMILES string of the molecule is O=C(OC[C@H]1CC(O)O[C@@H]1COC(=O)c1ccccc1)c1ccccc1. The molecule has 1 heterocycles. The molecule has 0 amide bonds. The number of hydrogen-bond donors (Lipinski definition) is 1. The fraction of sp³-hybridized carbons (Fsp3) is 0.300. The van der Waals surface area contributed by atoms with Crippen molar-refractivity contribution in [3.63, 3.8) is 0 Å². The molecule has 1 aliphatic heterocycles. The Hall–Kier alpha value is -2.70. The van der Waals surface area contributed by atoms with E-state index >= 15 is 0 Å². The van der Waals surface area contributed by atoms with Gasteiger partial charge in [-0.25, -0.2) is 9.59 Å². The van der Waals surface area contributed by atoms with Gasteiger partial charge in [0.1, 0.15) is 12.7 Å². The van der Waals surface area contributed by atoms with Gasteiger partial charge in [-0.1, -0.05) is 36.4 Å². The molecule has 0 aromatic heterocycles. The first-order valence-corrected chi connectivity index (χ1v) is 8.41. The summed E-state index contributed by atoms with van der Waals surface area (Å²) < 4.78 is 16.0. The van der Waals surface area contributed by atoms with Gasteiger partial charge in [0.05, 0.1) is 17.7 Å². The number of carbonyl (C=O) groups excluding carboxylic acids is 2. The van der Waals surface area contributed by atoms with Gasteiger partial charge in [0.15, 0.2) is 6.29 Å². The van der Waals surface area contributed by atoms with Gasteiger partial charge in [-0.15, -0.1) is 0 Å². The van der Waals surface area contributed by atoms with Crippen molar-refractivity contribution < 1.29 is 28.9 Å². The Balaban J connectivity index is 1.52. The van der Waals surface area contributed by atoms with Crippen LogP contribution in [0.15, 0.2) is 60.7 Å². The molecule has 0 spiro atoms. The van der Waals surface area contributed by atoms with Gasteiger partial charge >= 0.3 is 11.9 Å². The van der Waals surface area contributed by atoms with E-state index in [2.05, 4.69) is 0 Å².